The number of pyridine rings is 1. The van der Waals surface area contributed by atoms with Gasteiger partial charge in [-0.25, -0.2) is 9.97 Å². The van der Waals surface area contributed by atoms with Crippen LogP contribution in [-0.2, 0) is 12.7 Å². The summed E-state index contributed by atoms with van der Waals surface area (Å²) in [5, 5.41) is 5.44. The Morgan fingerprint density at radius 3 is 2.54 bits per heavy atom. The molecule has 0 saturated carbocycles. The zero-order valence-corrected chi connectivity index (χ0v) is 14.8. The molecule has 3 aromatic rings. The van der Waals surface area contributed by atoms with Crippen LogP contribution in [0.15, 0.2) is 54.9 Å². The minimum Gasteiger partial charge on any atom is -0.347 e. The quantitative estimate of drug-likeness (QED) is 0.695. The lowest BCUT2D eigenvalue weighted by molar-refractivity contribution is -0.137. The molecule has 28 heavy (non-hydrogen) atoms. The molecule has 2 heterocycles. The molecule has 0 bridgehead atoms. The first-order valence-corrected chi connectivity index (χ1v) is 8.28. The number of hydrogen-bond donors (Lipinski definition) is 2. The van der Waals surface area contributed by atoms with E-state index in [0.717, 1.165) is 17.7 Å². The first kappa shape index (κ1) is 19.3. The number of halogens is 3. The minimum atomic E-state index is -4.46. The number of hydrogen-bond acceptors (Lipinski definition) is 5. The monoisotopic (exact) mass is 387 g/mol. The summed E-state index contributed by atoms with van der Waals surface area (Å²) in [6.45, 7) is 1.96. The Hall–Kier alpha value is -3.49. The molecule has 0 spiro atoms. The third-order valence-electron chi connectivity index (χ3n) is 3.74. The van der Waals surface area contributed by atoms with E-state index in [1.54, 1.807) is 31.5 Å². The van der Waals surface area contributed by atoms with E-state index in [4.69, 9.17) is 0 Å². The van der Waals surface area contributed by atoms with E-state index in [1.165, 1.54) is 18.2 Å². The van der Waals surface area contributed by atoms with Gasteiger partial charge in [-0.3, -0.25) is 9.78 Å². The molecule has 2 aromatic heterocycles. The number of carbonyl (C=O) groups excluding carboxylic acids is 1. The molecule has 1 aromatic carbocycles. The topological polar surface area (TPSA) is 79.8 Å². The molecule has 144 valence electrons. The number of nitrogens with one attached hydrogen (secondary N) is 2. The van der Waals surface area contributed by atoms with Gasteiger partial charge in [0.25, 0.3) is 5.91 Å². The molecule has 0 atom stereocenters. The molecule has 3 rings (SSSR count). The lowest BCUT2D eigenvalue weighted by Gasteiger charge is -2.11. The predicted molar refractivity (Wildman–Crippen MR) is 96.9 cm³/mol. The number of aromatic nitrogens is 3. The van der Waals surface area contributed by atoms with Crippen LogP contribution >= 0.6 is 0 Å². The molecule has 0 radical (unpaired) electrons. The van der Waals surface area contributed by atoms with E-state index in [-0.39, 0.29) is 17.3 Å². The Bertz CT molecular complexity index is 977. The van der Waals surface area contributed by atoms with Crippen LogP contribution in [0.3, 0.4) is 0 Å². The van der Waals surface area contributed by atoms with Gasteiger partial charge in [-0.05, 0) is 48.9 Å². The first-order valence-electron chi connectivity index (χ1n) is 8.28. The maximum Gasteiger partial charge on any atom is 0.416 e. The van der Waals surface area contributed by atoms with Crippen molar-refractivity contribution in [2.75, 3.05) is 5.32 Å². The lowest BCUT2D eigenvalue weighted by atomic mass is 10.2. The van der Waals surface area contributed by atoms with E-state index in [9.17, 15) is 18.0 Å². The smallest absolute Gasteiger partial charge is 0.347 e. The van der Waals surface area contributed by atoms with Gasteiger partial charge in [0.1, 0.15) is 5.69 Å². The van der Waals surface area contributed by atoms with Crippen LogP contribution in [0, 0.1) is 6.92 Å². The molecular formula is C19H16F3N5O. The maximum absolute atomic E-state index is 12.8. The number of carbonyl (C=O) groups is 1. The summed E-state index contributed by atoms with van der Waals surface area (Å²) in [4.78, 5) is 24.5. The van der Waals surface area contributed by atoms with Crippen molar-refractivity contribution in [2.24, 2.45) is 0 Å². The van der Waals surface area contributed by atoms with Gasteiger partial charge in [0.2, 0.25) is 5.95 Å². The first-order chi connectivity index (χ1) is 13.3. The summed E-state index contributed by atoms with van der Waals surface area (Å²) in [5.74, 6) is -0.386. The summed E-state index contributed by atoms with van der Waals surface area (Å²) in [6.07, 6.45) is -1.22. The number of nitrogens with zero attached hydrogens (tertiary/aromatic N) is 3. The average Bonchev–Trinajstić information content (AvgIpc) is 2.66. The van der Waals surface area contributed by atoms with Crippen molar-refractivity contribution >= 4 is 17.5 Å². The van der Waals surface area contributed by atoms with Crippen LogP contribution in [0.25, 0.3) is 0 Å². The molecule has 0 fully saturated rings. The second-order valence-corrected chi connectivity index (χ2v) is 5.96. The van der Waals surface area contributed by atoms with Crippen LogP contribution in [0.2, 0.25) is 0 Å². The van der Waals surface area contributed by atoms with Crippen LogP contribution in [0.1, 0.15) is 27.3 Å². The standard InChI is InChI=1S/C19H16F3N5O/c1-12-9-16(17(28)24-11-13-5-7-23-8-6-13)27-18(25-12)26-15-4-2-3-14(10-15)19(20,21)22/h2-10H,11H2,1H3,(H,24,28)(H,25,26,27). The van der Waals surface area contributed by atoms with Crippen molar-refractivity contribution < 1.29 is 18.0 Å². The van der Waals surface area contributed by atoms with Gasteiger partial charge in [-0.1, -0.05) is 6.07 Å². The van der Waals surface area contributed by atoms with Gasteiger partial charge < -0.3 is 10.6 Å². The van der Waals surface area contributed by atoms with E-state index in [1.807, 2.05) is 0 Å². The van der Waals surface area contributed by atoms with Gasteiger partial charge in [-0.2, -0.15) is 13.2 Å². The summed E-state index contributed by atoms with van der Waals surface area (Å²) in [7, 11) is 0. The number of anilines is 2. The summed E-state index contributed by atoms with van der Waals surface area (Å²) < 4.78 is 38.5. The van der Waals surface area contributed by atoms with Crippen LogP contribution in [0.5, 0.6) is 0 Å². The van der Waals surface area contributed by atoms with Crippen LogP contribution in [0.4, 0.5) is 24.8 Å². The molecule has 0 aliphatic rings. The molecule has 2 N–H and O–H groups in total. The predicted octanol–water partition coefficient (Wildman–Crippen LogP) is 3.87. The fourth-order valence-electron chi connectivity index (χ4n) is 2.42. The molecule has 0 aliphatic heterocycles. The molecule has 0 unspecified atom stereocenters. The SMILES string of the molecule is Cc1cc(C(=O)NCc2ccncc2)nc(Nc2cccc(C(F)(F)F)c2)n1. The normalized spacial score (nSPS) is 11.1. The molecular weight excluding hydrogens is 371 g/mol. The fourth-order valence-corrected chi connectivity index (χ4v) is 2.42. The number of rotatable bonds is 5. The minimum absolute atomic E-state index is 0.0355. The molecule has 6 nitrogen and oxygen atoms in total. The Morgan fingerprint density at radius 2 is 1.82 bits per heavy atom. The Balaban J connectivity index is 1.75. The molecule has 9 heteroatoms. The van der Waals surface area contributed by atoms with Crippen LogP contribution < -0.4 is 10.6 Å². The maximum atomic E-state index is 12.8. The zero-order chi connectivity index (χ0) is 20.1. The Morgan fingerprint density at radius 1 is 1.07 bits per heavy atom. The van der Waals surface area contributed by atoms with Gasteiger partial charge >= 0.3 is 6.18 Å². The van der Waals surface area contributed by atoms with Gasteiger partial charge in [0.05, 0.1) is 5.56 Å². The summed E-state index contributed by atoms with van der Waals surface area (Å²) >= 11 is 0. The lowest BCUT2D eigenvalue weighted by Crippen LogP contribution is -2.24. The average molecular weight is 387 g/mol. The summed E-state index contributed by atoms with van der Waals surface area (Å²) in [5.41, 5.74) is 0.857. The van der Waals surface area contributed by atoms with Gasteiger partial charge in [0, 0.05) is 30.3 Å². The second kappa shape index (κ2) is 8.03. The van der Waals surface area contributed by atoms with E-state index < -0.39 is 17.6 Å². The fraction of sp³-hybridized carbons (Fsp3) is 0.158. The van der Waals surface area contributed by atoms with E-state index in [2.05, 4.69) is 25.6 Å². The molecule has 0 aliphatic carbocycles. The molecule has 1 amide bonds. The highest BCUT2D eigenvalue weighted by molar-refractivity contribution is 5.92. The second-order valence-electron chi connectivity index (χ2n) is 5.96. The van der Waals surface area contributed by atoms with Crippen molar-refractivity contribution in [1.29, 1.82) is 0 Å². The van der Waals surface area contributed by atoms with Crippen molar-refractivity contribution in [3.05, 3.63) is 77.4 Å². The number of aryl methyl sites for hydroxylation is 1. The van der Waals surface area contributed by atoms with Gasteiger partial charge in [0.15, 0.2) is 0 Å². The van der Waals surface area contributed by atoms with Crippen molar-refractivity contribution in [3.63, 3.8) is 0 Å². The molecule has 0 saturated heterocycles. The van der Waals surface area contributed by atoms with Crippen molar-refractivity contribution in [2.45, 2.75) is 19.6 Å². The Kier molecular flexibility index (Phi) is 5.53. The number of amides is 1. The third-order valence-corrected chi connectivity index (χ3v) is 3.74. The highest BCUT2D eigenvalue weighted by Crippen LogP contribution is 2.31. The van der Waals surface area contributed by atoms with E-state index in [0.29, 0.717) is 12.2 Å². The highest BCUT2D eigenvalue weighted by Gasteiger charge is 2.30. The largest absolute Gasteiger partial charge is 0.416 e. The summed E-state index contributed by atoms with van der Waals surface area (Å²) in [6, 6.07) is 9.71. The third kappa shape index (κ3) is 5.03. The number of benzene rings is 1. The highest BCUT2D eigenvalue weighted by atomic mass is 19.4. The van der Waals surface area contributed by atoms with Crippen LogP contribution in [-0.4, -0.2) is 20.9 Å². The van der Waals surface area contributed by atoms with E-state index >= 15 is 0 Å². The number of alkyl halides is 3. The zero-order valence-electron chi connectivity index (χ0n) is 14.8. The Labute approximate surface area is 158 Å². The van der Waals surface area contributed by atoms with Crippen molar-refractivity contribution in [3.8, 4) is 0 Å². The van der Waals surface area contributed by atoms with Gasteiger partial charge in [-0.15, -0.1) is 0 Å². The van der Waals surface area contributed by atoms with Crippen molar-refractivity contribution in [1.82, 2.24) is 20.3 Å².